The Labute approximate surface area is 125 Å². The molecular formula is C13H12ClN3O4. The maximum Gasteiger partial charge on any atom is 0.289 e. The smallest absolute Gasteiger partial charge is 0.289 e. The van der Waals surface area contributed by atoms with E-state index in [1.54, 1.807) is 12.3 Å². The second kappa shape index (κ2) is 5.71. The van der Waals surface area contributed by atoms with Crippen LogP contribution in [0.15, 0.2) is 35.1 Å². The van der Waals surface area contributed by atoms with Crippen molar-refractivity contribution in [2.24, 2.45) is 0 Å². The second-order valence-electron chi connectivity index (χ2n) is 4.58. The van der Waals surface area contributed by atoms with Crippen molar-refractivity contribution < 1.29 is 14.1 Å². The van der Waals surface area contributed by atoms with Crippen LogP contribution in [0.4, 0.5) is 11.5 Å². The summed E-state index contributed by atoms with van der Waals surface area (Å²) in [7, 11) is 0. The lowest BCUT2D eigenvalue weighted by Crippen LogP contribution is -2.38. The number of halogens is 1. The van der Waals surface area contributed by atoms with Crippen LogP contribution in [0.25, 0.3) is 0 Å². The SMILES string of the molecule is O=[N+]([O-])c1cnc(N2CCOC(c3ccco3)C2)c(Cl)c1. The van der Waals surface area contributed by atoms with E-state index < -0.39 is 4.92 Å². The molecule has 21 heavy (non-hydrogen) atoms. The molecule has 0 saturated carbocycles. The summed E-state index contributed by atoms with van der Waals surface area (Å²) in [5.41, 5.74) is -0.125. The molecule has 0 amide bonds. The summed E-state index contributed by atoms with van der Waals surface area (Å²) in [4.78, 5) is 16.2. The number of hydrogen-bond acceptors (Lipinski definition) is 6. The highest BCUT2D eigenvalue weighted by Crippen LogP contribution is 2.31. The predicted molar refractivity (Wildman–Crippen MR) is 75.5 cm³/mol. The normalized spacial score (nSPS) is 18.7. The van der Waals surface area contributed by atoms with Crippen molar-refractivity contribution in [2.45, 2.75) is 6.10 Å². The third-order valence-corrected chi connectivity index (χ3v) is 3.52. The van der Waals surface area contributed by atoms with Crippen molar-refractivity contribution in [2.75, 3.05) is 24.6 Å². The van der Waals surface area contributed by atoms with E-state index >= 15 is 0 Å². The van der Waals surface area contributed by atoms with Crippen molar-refractivity contribution in [3.8, 4) is 0 Å². The molecule has 1 atom stereocenters. The number of furan rings is 1. The molecule has 1 saturated heterocycles. The number of nitro groups is 1. The lowest BCUT2D eigenvalue weighted by molar-refractivity contribution is -0.385. The Balaban J connectivity index is 1.82. The van der Waals surface area contributed by atoms with Gasteiger partial charge in [0, 0.05) is 12.6 Å². The van der Waals surface area contributed by atoms with E-state index in [0.717, 1.165) is 5.76 Å². The number of ether oxygens (including phenoxy) is 1. The third kappa shape index (κ3) is 2.84. The van der Waals surface area contributed by atoms with Crippen molar-refractivity contribution in [1.29, 1.82) is 0 Å². The van der Waals surface area contributed by atoms with Crippen LogP contribution in [0.3, 0.4) is 0 Å². The van der Waals surface area contributed by atoms with Crippen LogP contribution in [0.1, 0.15) is 11.9 Å². The zero-order valence-corrected chi connectivity index (χ0v) is 11.7. The molecule has 110 valence electrons. The Hall–Kier alpha value is -2.12. The second-order valence-corrected chi connectivity index (χ2v) is 4.98. The van der Waals surface area contributed by atoms with Crippen molar-refractivity contribution in [3.05, 3.63) is 51.6 Å². The number of anilines is 1. The van der Waals surface area contributed by atoms with Gasteiger partial charge in [-0.1, -0.05) is 11.6 Å². The molecule has 0 aromatic carbocycles. The van der Waals surface area contributed by atoms with Gasteiger partial charge in [0.2, 0.25) is 0 Å². The summed E-state index contributed by atoms with van der Waals surface area (Å²) in [6.45, 7) is 1.64. The first-order valence-electron chi connectivity index (χ1n) is 6.35. The standard InChI is InChI=1S/C13H12ClN3O4/c14-10-6-9(17(18)19)7-15-13(10)16-3-5-21-12(8-16)11-2-1-4-20-11/h1-2,4,6-7,12H,3,5,8H2. The first kappa shape index (κ1) is 13.8. The number of rotatable bonds is 3. The first-order valence-corrected chi connectivity index (χ1v) is 6.73. The highest BCUT2D eigenvalue weighted by atomic mass is 35.5. The largest absolute Gasteiger partial charge is 0.467 e. The molecule has 1 aliphatic heterocycles. The fourth-order valence-electron chi connectivity index (χ4n) is 2.24. The van der Waals surface area contributed by atoms with Gasteiger partial charge in [-0.25, -0.2) is 4.98 Å². The third-order valence-electron chi connectivity index (χ3n) is 3.24. The number of pyridine rings is 1. The topological polar surface area (TPSA) is 81.6 Å². The monoisotopic (exact) mass is 309 g/mol. The highest BCUT2D eigenvalue weighted by molar-refractivity contribution is 6.33. The van der Waals surface area contributed by atoms with E-state index in [9.17, 15) is 10.1 Å². The van der Waals surface area contributed by atoms with Gasteiger partial charge in [0.05, 0.1) is 29.4 Å². The van der Waals surface area contributed by atoms with Gasteiger partial charge in [0.1, 0.15) is 23.9 Å². The average Bonchev–Trinajstić information content (AvgIpc) is 3.01. The van der Waals surface area contributed by atoms with Crippen LogP contribution < -0.4 is 4.90 Å². The van der Waals surface area contributed by atoms with Crippen LogP contribution in [-0.2, 0) is 4.74 Å². The van der Waals surface area contributed by atoms with Crippen LogP contribution in [-0.4, -0.2) is 29.6 Å². The van der Waals surface area contributed by atoms with Crippen LogP contribution >= 0.6 is 11.6 Å². The number of nitrogens with zero attached hydrogens (tertiary/aromatic N) is 3. The first-order chi connectivity index (χ1) is 10.1. The Morgan fingerprint density at radius 1 is 1.52 bits per heavy atom. The Morgan fingerprint density at radius 3 is 3.05 bits per heavy atom. The van der Waals surface area contributed by atoms with Gasteiger partial charge in [-0.3, -0.25) is 10.1 Å². The molecule has 2 aromatic heterocycles. The molecule has 8 heteroatoms. The summed E-state index contributed by atoms with van der Waals surface area (Å²) < 4.78 is 11.0. The molecule has 1 unspecified atom stereocenters. The van der Waals surface area contributed by atoms with Gasteiger partial charge in [-0.15, -0.1) is 0 Å². The molecule has 0 radical (unpaired) electrons. The lowest BCUT2D eigenvalue weighted by atomic mass is 10.2. The summed E-state index contributed by atoms with van der Waals surface area (Å²) in [6, 6.07) is 4.95. The minimum atomic E-state index is -0.520. The molecule has 0 spiro atoms. The van der Waals surface area contributed by atoms with E-state index in [4.69, 9.17) is 20.8 Å². The van der Waals surface area contributed by atoms with Gasteiger partial charge in [-0.05, 0) is 12.1 Å². The zero-order chi connectivity index (χ0) is 14.8. The van der Waals surface area contributed by atoms with Crippen molar-refractivity contribution in [3.63, 3.8) is 0 Å². The number of aromatic nitrogens is 1. The zero-order valence-electron chi connectivity index (χ0n) is 10.9. The maximum absolute atomic E-state index is 10.7. The molecule has 1 fully saturated rings. The average molecular weight is 310 g/mol. The van der Waals surface area contributed by atoms with Gasteiger partial charge >= 0.3 is 0 Å². The Kier molecular flexibility index (Phi) is 3.76. The van der Waals surface area contributed by atoms with Crippen LogP contribution in [0.2, 0.25) is 5.02 Å². The van der Waals surface area contributed by atoms with Crippen LogP contribution in [0, 0.1) is 10.1 Å². The van der Waals surface area contributed by atoms with Gasteiger partial charge in [0.15, 0.2) is 0 Å². The van der Waals surface area contributed by atoms with E-state index in [2.05, 4.69) is 4.98 Å². The lowest BCUT2D eigenvalue weighted by Gasteiger charge is -2.33. The van der Waals surface area contributed by atoms with Crippen molar-refractivity contribution in [1.82, 2.24) is 4.98 Å². The maximum atomic E-state index is 10.7. The summed E-state index contributed by atoms with van der Waals surface area (Å²) in [6.07, 6.45) is 2.59. The summed E-state index contributed by atoms with van der Waals surface area (Å²) in [5.74, 6) is 1.25. The van der Waals surface area contributed by atoms with E-state index in [1.807, 2.05) is 11.0 Å². The molecule has 3 heterocycles. The van der Waals surface area contributed by atoms with Gasteiger partial charge in [-0.2, -0.15) is 0 Å². The quantitative estimate of drug-likeness (QED) is 0.640. The molecule has 3 rings (SSSR count). The fraction of sp³-hybridized carbons (Fsp3) is 0.308. The molecular weight excluding hydrogens is 298 g/mol. The molecule has 2 aromatic rings. The van der Waals surface area contributed by atoms with Gasteiger partial charge in [0.25, 0.3) is 5.69 Å². The minimum Gasteiger partial charge on any atom is -0.467 e. The van der Waals surface area contributed by atoms with Crippen LogP contribution in [0.5, 0.6) is 0 Å². The Bertz CT molecular complexity index is 647. The highest BCUT2D eigenvalue weighted by Gasteiger charge is 2.26. The molecule has 7 nitrogen and oxygen atoms in total. The fourth-order valence-corrected chi connectivity index (χ4v) is 2.52. The van der Waals surface area contributed by atoms with E-state index in [0.29, 0.717) is 25.5 Å². The molecule has 0 aliphatic carbocycles. The summed E-state index contributed by atoms with van der Waals surface area (Å²) >= 11 is 6.11. The molecule has 1 aliphatic rings. The number of hydrogen-bond donors (Lipinski definition) is 0. The predicted octanol–water partition coefficient (Wildman–Crippen LogP) is 2.81. The van der Waals surface area contributed by atoms with Gasteiger partial charge < -0.3 is 14.1 Å². The molecule has 0 N–H and O–H groups in total. The Morgan fingerprint density at radius 2 is 2.38 bits per heavy atom. The van der Waals surface area contributed by atoms with Crippen molar-refractivity contribution >= 4 is 23.1 Å². The number of morpholine rings is 1. The summed E-state index contributed by atoms with van der Waals surface area (Å²) in [5, 5.41) is 11.0. The minimum absolute atomic E-state index is 0.125. The van der Waals surface area contributed by atoms with E-state index in [1.165, 1.54) is 12.3 Å². The molecule has 0 bridgehead atoms. The van der Waals surface area contributed by atoms with E-state index in [-0.39, 0.29) is 16.8 Å².